The fourth-order valence-corrected chi connectivity index (χ4v) is 1.11. The highest BCUT2D eigenvalue weighted by Crippen LogP contribution is 2.23. The van der Waals surface area contributed by atoms with Crippen molar-refractivity contribution < 1.29 is 23.5 Å². The van der Waals surface area contributed by atoms with Gasteiger partial charge < -0.3 is 16.2 Å². The number of carboxylic acid groups (broad SMARTS) is 1. The van der Waals surface area contributed by atoms with Crippen molar-refractivity contribution in [3.63, 3.8) is 0 Å². The van der Waals surface area contributed by atoms with Crippen LogP contribution in [-0.2, 0) is 9.59 Å². The van der Waals surface area contributed by atoms with E-state index in [0.717, 1.165) is 12.1 Å². The molecule has 0 atom stereocenters. The molecule has 17 heavy (non-hydrogen) atoms. The summed E-state index contributed by atoms with van der Waals surface area (Å²) in [7, 11) is 0. The molecule has 5 nitrogen and oxygen atoms in total. The third-order valence-electron chi connectivity index (χ3n) is 1.97. The lowest BCUT2D eigenvalue weighted by atomic mass is 10.2. The second-order valence-corrected chi connectivity index (χ2v) is 3.26. The number of nitrogens with two attached hydrogens (primary N) is 1. The molecule has 1 amide bonds. The summed E-state index contributed by atoms with van der Waals surface area (Å²) in [6.45, 7) is 0. The van der Waals surface area contributed by atoms with E-state index >= 15 is 0 Å². The molecule has 1 aromatic carbocycles. The maximum atomic E-state index is 13.0. The molecule has 4 N–H and O–H groups in total. The maximum absolute atomic E-state index is 13.0. The molecular formula is C10H10F2N2O3. The first kappa shape index (κ1) is 12.9. The third-order valence-corrected chi connectivity index (χ3v) is 1.97. The van der Waals surface area contributed by atoms with E-state index in [-0.39, 0.29) is 18.5 Å². The number of nitrogens with one attached hydrogen (secondary N) is 1. The van der Waals surface area contributed by atoms with Crippen molar-refractivity contribution in [2.24, 2.45) is 0 Å². The lowest BCUT2D eigenvalue weighted by molar-refractivity contribution is -0.138. The Balaban J connectivity index is 2.72. The number of carbonyl (C=O) groups is 2. The summed E-state index contributed by atoms with van der Waals surface area (Å²) in [6, 6.07) is 1.92. The number of carboxylic acids is 1. The number of halogens is 2. The molecule has 0 saturated carbocycles. The van der Waals surface area contributed by atoms with Gasteiger partial charge in [-0.15, -0.1) is 0 Å². The van der Waals surface area contributed by atoms with E-state index in [1.54, 1.807) is 0 Å². The zero-order valence-corrected chi connectivity index (χ0v) is 8.67. The Morgan fingerprint density at radius 1 is 1.29 bits per heavy atom. The van der Waals surface area contributed by atoms with Crippen LogP contribution in [0.5, 0.6) is 0 Å². The van der Waals surface area contributed by atoms with Crippen LogP contribution in [0.15, 0.2) is 12.1 Å². The second-order valence-electron chi connectivity index (χ2n) is 3.26. The summed E-state index contributed by atoms with van der Waals surface area (Å²) in [5.74, 6) is -4.13. The van der Waals surface area contributed by atoms with Crippen LogP contribution in [0, 0.1) is 11.6 Å². The first-order valence-electron chi connectivity index (χ1n) is 4.67. The minimum absolute atomic E-state index is 0.0840. The van der Waals surface area contributed by atoms with Crippen molar-refractivity contribution in [3.8, 4) is 0 Å². The normalized spacial score (nSPS) is 10.0. The van der Waals surface area contributed by atoms with Crippen LogP contribution in [0.1, 0.15) is 12.8 Å². The van der Waals surface area contributed by atoms with Crippen LogP contribution in [0.25, 0.3) is 0 Å². The summed E-state index contributed by atoms with van der Waals surface area (Å²) in [4.78, 5) is 21.4. The van der Waals surface area contributed by atoms with Gasteiger partial charge in [-0.3, -0.25) is 9.59 Å². The minimum Gasteiger partial charge on any atom is -0.481 e. The summed E-state index contributed by atoms with van der Waals surface area (Å²) in [5, 5.41) is 10.5. The average Bonchev–Trinajstić information content (AvgIpc) is 2.27. The Morgan fingerprint density at radius 2 is 1.94 bits per heavy atom. The molecule has 0 aromatic heterocycles. The highest BCUT2D eigenvalue weighted by Gasteiger charge is 2.13. The SMILES string of the molecule is Nc1c(NC(=O)CCC(=O)O)ccc(F)c1F. The van der Waals surface area contributed by atoms with Gasteiger partial charge in [0, 0.05) is 6.42 Å². The van der Waals surface area contributed by atoms with Crippen molar-refractivity contribution in [2.45, 2.75) is 12.8 Å². The van der Waals surface area contributed by atoms with Gasteiger partial charge in [0.1, 0.15) is 0 Å². The largest absolute Gasteiger partial charge is 0.481 e. The molecule has 7 heteroatoms. The number of amides is 1. The fourth-order valence-electron chi connectivity index (χ4n) is 1.11. The first-order chi connectivity index (χ1) is 7.91. The van der Waals surface area contributed by atoms with Crippen molar-refractivity contribution in [1.82, 2.24) is 0 Å². The molecule has 0 unspecified atom stereocenters. The number of carbonyl (C=O) groups excluding carboxylic acids is 1. The summed E-state index contributed by atoms with van der Waals surface area (Å²) < 4.78 is 25.7. The lowest BCUT2D eigenvalue weighted by Gasteiger charge is -2.08. The molecule has 0 aliphatic rings. The lowest BCUT2D eigenvalue weighted by Crippen LogP contribution is -2.15. The van der Waals surface area contributed by atoms with Gasteiger partial charge in [0.15, 0.2) is 11.6 Å². The van der Waals surface area contributed by atoms with Gasteiger partial charge in [-0.05, 0) is 12.1 Å². The molecule has 0 aliphatic carbocycles. The molecule has 92 valence electrons. The van der Waals surface area contributed by atoms with Gasteiger partial charge in [-0.2, -0.15) is 0 Å². The van der Waals surface area contributed by atoms with Crippen molar-refractivity contribution in [3.05, 3.63) is 23.8 Å². The van der Waals surface area contributed by atoms with E-state index in [9.17, 15) is 18.4 Å². The molecule has 0 radical (unpaired) electrons. The Bertz CT molecular complexity index is 463. The average molecular weight is 244 g/mol. The van der Waals surface area contributed by atoms with E-state index in [1.165, 1.54) is 0 Å². The molecule has 0 heterocycles. The third kappa shape index (κ3) is 3.40. The highest BCUT2D eigenvalue weighted by molar-refractivity contribution is 5.95. The zero-order chi connectivity index (χ0) is 13.0. The Hall–Kier alpha value is -2.18. The van der Waals surface area contributed by atoms with Crippen LogP contribution in [-0.4, -0.2) is 17.0 Å². The van der Waals surface area contributed by atoms with Gasteiger partial charge in [-0.1, -0.05) is 0 Å². The van der Waals surface area contributed by atoms with E-state index in [1.807, 2.05) is 0 Å². The van der Waals surface area contributed by atoms with Crippen LogP contribution in [0.4, 0.5) is 20.2 Å². The van der Waals surface area contributed by atoms with E-state index in [2.05, 4.69) is 5.32 Å². The summed E-state index contributed by atoms with van der Waals surface area (Å²) in [6.07, 6.45) is -0.622. The van der Waals surface area contributed by atoms with E-state index in [0.29, 0.717) is 0 Å². The van der Waals surface area contributed by atoms with Crippen molar-refractivity contribution >= 4 is 23.3 Å². The van der Waals surface area contributed by atoms with Crippen LogP contribution < -0.4 is 11.1 Å². The zero-order valence-electron chi connectivity index (χ0n) is 8.67. The highest BCUT2D eigenvalue weighted by atomic mass is 19.2. The van der Waals surface area contributed by atoms with E-state index in [4.69, 9.17) is 10.8 Å². The smallest absolute Gasteiger partial charge is 0.303 e. The number of anilines is 2. The number of hydrogen-bond donors (Lipinski definition) is 3. The summed E-state index contributed by atoms with van der Waals surface area (Å²) in [5.41, 5.74) is 4.64. The van der Waals surface area contributed by atoms with Gasteiger partial charge in [0.25, 0.3) is 0 Å². The fraction of sp³-hybridized carbons (Fsp3) is 0.200. The first-order valence-corrected chi connectivity index (χ1v) is 4.67. The van der Waals surface area contributed by atoms with Gasteiger partial charge in [-0.25, -0.2) is 8.78 Å². The molecule has 1 aromatic rings. The monoisotopic (exact) mass is 244 g/mol. The van der Waals surface area contributed by atoms with E-state index < -0.39 is 29.2 Å². The molecule has 0 fully saturated rings. The topological polar surface area (TPSA) is 92.4 Å². The quantitative estimate of drug-likeness (QED) is 0.697. The number of aliphatic carboxylic acids is 1. The Labute approximate surface area is 95.2 Å². The number of benzene rings is 1. The number of hydrogen-bond acceptors (Lipinski definition) is 3. The van der Waals surface area contributed by atoms with Gasteiger partial charge >= 0.3 is 5.97 Å². The maximum Gasteiger partial charge on any atom is 0.303 e. The molecular weight excluding hydrogens is 234 g/mol. The standard InChI is InChI=1S/C10H10F2N2O3/c11-5-1-2-6(10(13)9(5)12)14-7(15)3-4-8(16)17/h1-2H,3-4,13H2,(H,14,15)(H,16,17). The molecule has 0 spiro atoms. The predicted molar refractivity (Wildman–Crippen MR) is 56.3 cm³/mol. The van der Waals surface area contributed by atoms with Crippen LogP contribution >= 0.6 is 0 Å². The minimum atomic E-state index is -1.25. The molecule has 1 rings (SSSR count). The molecule has 0 aliphatic heterocycles. The Kier molecular flexibility index (Phi) is 3.97. The van der Waals surface area contributed by atoms with Crippen LogP contribution in [0.2, 0.25) is 0 Å². The second kappa shape index (κ2) is 5.24. The predicted octanol–water partition coefficient (Wildman–Crippen LogP) is 1.35. The molecule has 0 bridgehead atoms. The van der Waals surface area contributed by atoms with Crippen LogP contribution in [0.3, 0.4) is 0 Å². The van der Waals surface area contributed by atoms with Crippen molar-refractivity contribution in [2.75, 3.05) is 11.1 Å². The van der Waals surface area contributed by atoms with Crippen molar-refractivity contribution in [1.29, 1.82) is 0 Å². The number of rotatable bonds is 4. The summed E-state index contributed by atoms with van der Waals surface area (Å²) >= 11 is 0. The van der Waals surface area contributed by atoms with Gasteiger partial charge in [0.05, 0.1) is 17.8 Å². The van der Waals surface area contributed by atoms with Gasteiger partial charge in [0.2, 0.25) is 5.91 Å². The molecule has 0 saturated heterocycles. The Morgan fingerprint density at radius 3 is 2.53 bits per heavy atom. The number of nitrogen functional groups attached to an aromatic ring is 1.